The van der Waals surface area contributed by atoms with Crippen LogP contribution in [0.15, 0.2) is 22.5 Å². The highest BCUT2D eigenvalue weighted by Gasteiger charge is 2.49. The van der Waals surface area contributed by atoms with Gasteiger partial charge in [0.25, 0.3) is 0 Å². The van der Waals surface area contributed by atoms with E-state index < -0.39 is 6.10 Å². The highest BCUT2D eigenvalue weighted by molar-refractivity contribution is 5.71. The summed E-state index contributed by atoms with van der Waals surface area (Å²) in [6.45, 7) is 15.9. The molecule has 0 saturated carbocycles. The Morgan fingerprint density at radius 1 is 1.14 bits per heavy atom. The lowest BCUT2D eigenvalue weighted by atomic mass is 9.57. The molecule has 2 heterocycles. The van der Waals surface area contributed by atoms with Crippen LogP contribution in [0.3, 0.4) is 0 Å². The fourth-order valence-electron chi connectivity index (χ4n) is 5.79. The summed E-state index contributed by atoms with van der Waals surface area (Å²) < 4.78 is 12.1. The van der Waals surface area contributed by atoms with Crippen LogP contribution in [-0.2, 0) is 14.3 Å². The van der Waals surface area contributed by atoms with E-state index in [1.165, 1.54) is 16.7 Å². The lowest BCUT2D eigenvalue weighted by Gasteiger charge is -2.47. The minimum Gasteiger partial charge on any atom is -0.487 e. The van der Waals surface area contributed by atoms with Crippen LogP contribution in [0.1, 0.15) is 87.0 Å². The smallest absolute Gasteiger partial charge is 0.308 e. The van der Waals surface area contributed by atoms with Crippen LogP contribution in [0.4, 0.5) is 0 Å². The molecule has 2 saturated heterocycles. The van der Waals surface area contributed by atoms with Crippen molar-refractivity contribution < 1.29 is 19.4 Å². The zero-order chi connectivity index (χ0) is 20.9. The van der Waals surface area contributed by atoms with Gasteiger partial charge in [-0.15, -0.1) is 0 Å². The molecular formula is C24H38O4. The summed E-state index contributed by atoms with van der Waals surface area (Å²) in [4.78, 5) is 11.8. The average Bonchev–Trinajstić information content (AvgIpc) is 2.88. The predicted octanol–water partition coefficient (Wildman–Crippen LogP) is 5.30. The van der Waals surface area contributed by atoms with Crippen molar-refractivity contribution in [3.05, 3.63) is 22.5 Å². The number of hydrogen-bond donors (Lipinski definition) is 1. The average molecular weight is 391 g/mol. The molecule has 0 aromatic heterocycles. The zero-order valence-corrected chi connectivity index (χ0v) is 18.7. The van der Waals surface area contributed by atoms with Crippen LogP contribution >= 0.6 is 0 Å². The van der Waals surface area contributed by atoms with Crippen LogP contribution in [0.2, 0.25) is 0 Å². The number of aliphatic hydroxyl groups is 1. The summed E-state index contributed by atoms with van der Waals surface area (Å²) in [6.07, 6.45) is 3.52. The van der Waals surface area contributed by atoms with Gasteiger partial charge in [0.1, 0.15) is 17.5 Å². The van der Waals surface area contributed by atoms with Crippen LogP contribution in [0.5, 0.6) is 0 Å². The van der Waals surface area contributed by atoms with Crippen LogP contribution in [0, 0.1) is 17.3 Å². The Hall–Kier alpha value is -1.29. The van der Waals surface area contributed by atoms with E-state index in [1.807, 2.05) is 0 Å². The van der Waals surface area contributed by atoms with E-state index in [2.05, 4.69) is 48.5 Å². The number of hydrogen-bond acceptors (Lipinski definition) is 4. The molecule has 0 radical (unpaired) electrons. The Labute approximate surface area is 170 Å². The van der Waals surface area contributed by atoms with Gasteiger partial charge in [0, 0.05) is 18.3 Å². The van der Waals surface area contributed by atoms with E-state index in [0.29, 0.717) is 18.3 Å². The van der Waals surface area contributed by atoms with Gasteiger partial charge in [-0.05, 0) is 63.0 Å². The maximum Gasteiger partial charge on any atom is 0.308 e. The number of carbonyl (C=O) groups is 1. The molecule has 4 nitrogen and oxygen atoms in total. The molecule has 0 aromatic rings. The molecule has 0 bridgehead atoms. The van der Waals surface area contributed by atoms with Crippen molar-refractivity contribution in [2.75, 3.05) is 0 Å². The molecule has 2 fully saturated rings. The Morgan fingerprint density at radius 2 is 1.79 bits per heavy atom. The SMILES string of the molecule is CC1=C2CC(C)(C)OC2=C(CC[C@H]2C[C@H](O)CC(=O)O2)C(C(C)C)(C(C)C)C1. The van der Waals surface area contributed by atoms with Gasteiger partial charge in [-0.2, -0.15) is 0 Å². The maximum atomic E-state index is 11.8. The van der Waals surface area contributed by atoms with Gasteiger partial charge in [0.05, 0.1) is 12.5 Å². The summed E-state index contributed by atoms with van der Waals surface area (Å²) >= 11 is 0. The lowest BCUT2D eigenvalue weighted by Crippen LogP contribution is -2.39. The van der Waals surface area contributed by atoms with Crippen molar-refractivity contribution in [1.29, 1.82) is 0 Å². The molecule has 158 valence electrons. The summed E-state index contributed by atoms with van der Waals surface area (Å²) in [7, 11) is 0. The molecule has 0 unspecified atom stereocenters. The molecule has 3 aliphatic rings. The van der Waals surface area contributed by atoms with Gasteiger partial charge < -0.3 is 14.6 Å². The molecule has 2 atom stereocenters. The van der Waals surface area contributed by atoms with E-state index in [0.717, 1.165) is 31.4 Å². The second-order valence-electron chi connectivity index (χ2n) is 10.4. The van der Waals surface area contributed by atoms with Crippen molar-refractivity contribution in [3.63, 3.8) is 0 Å². The van der Waals surface area contributed by atoms with E-state index in [4.69, 9.17) is 9.47 Å². The van der Waals surface area contributed by atoms with Crippen LogP contribution < -0.4 is 0 Å². The topological polar surface area (TPSA) is 55.8 Å². The van der Waals surface area contributed by atoms with E-state index in [9.17, 15) is 9.90 Å². The quantitative estimate of drug-likeness (QED) is 0.647. The molecule has 2 aliphatic heterocycles. The first-order valence-electron chi connectivity index (χ1n) is 11.0. The van der Waals surface area contributed by atoms with Gasteiger partial charge >= 0.3 is 5.97 Å². The van der Waals surface area contributed by atoms with Gasteiger partial charge in [0.2, 0.25) is 0 Å². The Morgan fingerprint density at radius 3 is 2.36 bits per heavy atom. The number of esters is 1. The predicted molar refractivity (Wildman–Crippen MR) is 111 cm³/mol. The molecule has 0 aromatic carbocycles. The number of rotatable bonds is 5. The molecule has 1 aliphatic carbocycles. The number of ether oxygens (including phenoxy) is 2. The minimum atomic E-state index is -0.574. The molecule has 0 amide bonds. The lowest BCUT2D eigenvalue weighted by molar-refractivity contribution is -0.160. The molecule has 1 N–H and O–H groups in total. The monoisotopic (exact) mass is 390 g/mol. The van der Waals surface area contributed by atoms with Crippen molar-refractivity contribution >= 4 is 5.97 Å². The second kappa shape index (κ2) is 7.51. The first-order valence-corrected chi connectivity index (χ1v) is 11.0. The third-order valence-electron chi connectivity index (χ3n) is 7.18. The number of carbonyl (C=O) groups excluding carboxylic acids is 1. The maximum absolute atomic E-state index is 11.8. The highest BCUT2D eigenvalue weighted by Crippen LogP contribution is 2.58. The summed E-state index contributed by atoms with van der Waals surface area (Å²) in [5.41, 5.74) is 4.14. The van der Waals surface area contributed by atoms with Gasteiger partial charge in [-0.1, -0.05) is 33.3 Å². The van der Waals surface area contributed by atoms with Gasteiger partial charge in [0.15, 0.2) is 0 Å². The van der Waals surface area contributed by atoms with Crippen molar-refractivity contribution in [2.24, 2.45) is 17.3 Å². The number of allylic oxidation sites excluding steroid dienone is 3. The van der Waals surface area contributed by atoms with E-state index >= 15 is 0 Å². The normalized spacial score (nSPS) is 29.3. The molecule has 4 heteroatoms. The highest BCUT2D eigenvalue weighted by atomic mass is 16.5. The minimum absolute atomic E-state index is 0.0562. The van der Waals surface area contributed by atoms with Crippen molar-refractivity contribution in [1.82, 2.24) is 0 Å². The van der Waals surface area contributed by atoms with Crippen molar-refractivity contribution in [3.8, 4) is 0 Å². The summed E-state index contributed by atoms with van der Waals surface area (Å²) in [6, 6.07) is 0. The van der Waals surface area contributed by atoms with Gasteiger partial charge in [-0.3, -0.25) is 4.79 Å². The standard InChI is InChI=1S/C24H38O4/c1-14(2)24(15(3)4)12-16(5)19-13-23(6,7)28-22(19)20(24)9-8-18-10-17(25)11-21(26)27-18/h14-15,17-18,25H,8-13H2,1-7H3/t17-,18-/m0/s1. The largest absolute Gasteiger partial charge is 0.487 e. The zero-order valence-electron chi connectivity index (χ0n) is 18.7. The van der Waals surface area contributed by atoms with Crippen molar-refractivity contribution in [2.45, 2.75) is 105 Å². The Kier molecular flexibility index (Phi) is 5.75. The second-order valence-corrected chi connectivity index (χ2v) is 10.4. The fourth-order valence-corrected chi connectivity index (χ4v) is 5.79. The van der Waals surface area contributed by atoms with E-state index in [-0.39, 0.29) is 29.5 Å². The Balaban J connectivity index is 1.98. The van der Waals surface area contributed by atoms with Crippen LogP contribution in [-0.4, -0.2) is 28.9 Å². The third-order valence-corrected chi connectivity index (χ3v) is 7.18. The first-order chi connectivity index (χ1) is 13.0. The molecule has 0 spiro atoms. The number of fused-ring (bicyclic) bond motifs is 1. The van der Waals surface area contributed by atoms with E-state index in [1.54, 1.807) is 0 Å². The Bertz CT molecular complexity index is 687. The molecular weight excluding hydrogens is 352 g/mol. The fraction of sp³-hybridized carbons (Fsp3) is 0.792. The molecule has 3 rings (SSSR count). The third kappa shape index (κ3) is 3.77. The summed E-state index contributed by atoms with van der Waals surface area (Å²) in [5.74, 6) is 1.80. The summed E-state index contributed by atoms with van der Waals surface area (Å²) in [5, 5.41) is 9.97. The number of cyclic esters (lactones) is 1. The molecule has 28 heavy (non-hydrogen) atoms. The first kappa shape index (κ1) is 21.4. The van der Waals surface area contributed by atoms with Gasteiger partial charge in [-0.25, -0.2) is 0 Å². The number of aliphatic hydroxyl groups excluding tert-OH is 1. The van der Waals surface area contributed by atoms with Crippen LogP contribution in [0.25, 0.3) is 0 Å².